The molecule has 0 bridgehead atoms. The molecule has 0 aliphatic carbocycles. The van der Waals surface area contributed by atoms with Gasteiger partial charge in [-0.25, -0.2) is 9.78 Å². The molecule has 0 radical (unpaired) electrons. The van der Waals surface area contributed by atoms with E-state index in [1.54, 1.807) is 6.20 Å². The molecule has 1 aromatic carbocycles. The highest BCUT2D eigenvalue weighted by atomic mass is 32.1. The average molecular weight is 276 g/mol. The van der Waals surface area contributed by atoms with Crippen molar-refractivity contribution in [3.05, 3.63) is 46.4 Å². The summed E-state index contributed by atoms with van der Waals surface area (Å²) in [6, 6.07) is 7.22. The van der Waals surface area contributed by atoms with Gasteiger partial charge in [0, 0.05) is 23.3 Å². The van der Waals surface area contributed by atoms with Gasteiger partial charge in [0.1, 0.15) is 5.01 Å². The number of carbonyl (C=O) groups is 1. The summed E-state index contributed by atoms with van der Waals surface area (Å²) in [6.45, 7) is 2.35. The second-order valence-electron chi connectivity index (χ2n) is 4.14. The highest BCUT2D eigenvalue weighted by Gasteiger charge is 2.04. The van der Waals surface area contributed by atoms with Crippen LogP contribution in [-0.2, 0) is 6.54 Å². The number of nitrogens with one attached hydrogen (secondary N) is 2. The number of thiazole rings is 1. The Hall–Kier alpha value is -1.92. The number of carbonyl (C=O) groups excluding carboxylic acids is 1. The molecule has 1 atom stereocenters. The summed E-state index contributed by atoms with van der Waals surface area (Å²) in [5.41, 5.74) is 7.53. The second-order valence-corrected chi connectivity index (χ2v) is 5.12. The zero-order valence-electron chi connectivity index (χ0n) is 10.6. The molecule has 5 nitrogen and oxygen atoms in total. The summed E-state index contributed by atoms with van der Waals surface area (Å²) in [6.07, 6.45) is 1.71. The van der Waals surface area contributed by atoms with Crippen LogP contribution in [0.5, 0.6) is 0 Å². The molecule has 1 unspecified atom stereocenters. The molecule has 2 rings (SSSR count). The van der Waals surface area contributed by atoms with Crippen molar-refractivity contribution < 1.29 is 4.79 Å². The molecular weight excluding hydrogens is 260 g/mol. The Kier molecular flexibility index (Phi) is 4.48. The molecule has 4 N–H and O–H groups in total. The maximum atomic E-state index is 11.7. The van der Waals surface area contributed by atoms with Crippen LogP contribution in [0.4, 0.5) is 10.5 Å². The number of aromatic nitrogens is 1. The first-order chi connectivity index (χ1) is 9.15. The predicted molar refractivity (Wildman–Crippen MR) is 77.0 cm³/mol. The van der Waals surface area contributed by atoms with E-state index in [2.05, 4.69) is 15.6 Å². The Labute approximate surface area is 115 Å². The number of nitrogens with two attached hydrogens (primary N) is 1. The molecule has 0 spiro atoms. The van der Waals surface area contributed by atoms with Crippen molar-refractivity contribution in [1.29, 1.82) is 0 Å². The minimum Gasteiger partial charge on any atom is -0.331 e. The van der Waals surface area contributed by atoms with Crippen LogP contribution in [0.3, 0.4) is 0 Å². The lowest BCUT2D eigenvalue weighted by Gasteiger charge is -2.09. The fourth-order valence-electron chi connectivity index (χ4n) is 1.54. The summed E-state index contributed by atoms with van der Waals surface area (Å²) in [4.78, 5) is 15.7. The maximum absolute atomic E-state index is 11.7. The molecule has 2 amide bonds. The zero-order valence-corrected chi connectivity index (χ0v) is 11.4. The number of hydrogen-bond donors (Lipinski definition) is 3. The molecule has 100 valence electrons. The molecule has 0 aliphatic heterocycles. The van der Waals surface area contributed by atoms with Crippen LogP contribution >= 0.6 is 11.3 Å². The Balaban J connectivity index is 1.84. The van der Waals surface area contributed by atoms with E-state index in [0.717, 1.165) is 16.3 Å². The van der Waals surface area contributed by atoms with Crippen LogP contribution in [0.1, 0.15) is 23.5 Å². The minimum atomic E-state index is -0.247. The number of anilines is 1. The zero-order chi connectivity index (χ0) is 13.7. The van der Waals surface area contributed by atoms with Gasteiger partial charge in [-0.15, -0.1) is 11.3 Å². The SMILES string of the molecule is CC(N)c1ccc(NC(=O)NCc2nccs2)cc1. The normalized spacial score (nSPS) is 11.9. The number of amides is 2. The number of rotatable bonds is 4. The van der Waals surface area contributed by atoms with E-state index in [4.69, 9.17) is 5.73 Å². The lowest BCUT2D eigenvalue weighted by molar-refractivity contribution is 0.251. The summed E-state index contributed by atoms with van der Waals surface area (Å²) in [5.74, 6) is 0. The molecular formula is C13H16N4OS. The first-order valence-electron chi connectivity index (χ1n) is 5.94. The average Bonchev–Trinajstić information content (AvgIpc) is 2.90. The Bertz CT molecular complexity index is 522. The lowest BCUT2D eigenvalue weighted by Crippen LogP contribution is -2.28. The maximum Gasteiger partial charge on any atom is 0.319 e. The van der Waals surface area contributed by atoms with Gasteiger partial charge in [-0.1, -0.05) is 12.1 Å². The third kappa shape index (κ3) is 4.04. The summed E-state index contributed by atoms with van der Waals surface area (Å²) < 4.78 is 0. The van der Waals surface area contributed by atoms with E-state index in [1.807, 2.05) is 36.6 Å². The van der Waals surface area contributed by atoms with Gasteiger partial charge in [0.25, 0.3) is 0 Å². The molecule has 0 aliphatic rings. The van der Waals surface area contributed by atoms with Gasteiger partial charge in [-0.05, 0) is 24.6 Å². The van der Waals surface area contributed by atoms with Gasteiger partial charge in [-0.2, -0.15) is 0 Å². The van der Waals surface area contributed by atoms with Crippen molar-refractivity contribution in [2.45, 2.75) is 19.5 Å². The predicted octanol–water partition coefficient (Wildman–Crippen LogP) is 2.48. The van der Waals surface area contributed by atoms with Crippen LogP contribution < -0.4 is 16.4 Å². The molecule has 2 aromatic rings. The molecule has 0 saturated heterocycles. The van der Waals surface area contributed by atoms with Crippen molar-refractivity contribution in [1.82, 2.24) is 10.3 Å². The molecule has 1 heterocycles. The Morgan fingerprint density at radius 2 is 2.16 bits per heavy atom. The summed E-state index contributed by atoms with van der Waals surface area (Å²) >= 11 is 1.51. The van der Waals surface area contributed by atoms with E-state index >= 15 is 0 Å². The van der Waals surface area contributed by atoms with Gasteiger partial charge >= 0.3 is 6.03 Å². The monoisotopic (exact) mass is 276 g/mol. The molecule has 19 heavy (non-hydrogen) atoms. The number of benzene rings is 1. The van der Waals surface area contributed by atoms with E-state index in [1.165, 1.54) is 11.3 Å². The smallest absolute Gasteiger partial charge is 0.319 e. The number of urea groups is 1. The van der Waals surface area contributed by atoms with Gasteiger partial charge in [-0.3, -0.25) is 0 Å². The van der Waals surface area contributed by atoms with Crippen LogP contribution in [0.15, 0.2) is 35.8 Å². The summed E-state index contributed by atoms with van der Waals surface area (Å²) in [7, 11) is 0. The largest absolute Gasteiger partial charge is 0.331 e. The summed E-state index contributed by atoms with van der Waals surface area (Å²) in [5, 5.41) is 8.25. The first-order valence-corrected chi connectivity index (χ1v) is 6.82. The Morgan fingerprint density at radius 3 is 2.74 bits per heavy atom. The van der Waals surface area contributed by atoms with E-state index < -0.39 is 0 Å². The van der Waals surface area contributed by atoms with Crippen molar-refractivity contribution in [3.8, 4) is 0 Å². The molecule has 6 heteroatoms. The second kappa shape index (κ2) is 6.31. The standard InChI is InChI=1S/C13H16N4OS/c1-9(14)10-2-4-11(5-3-10)17-13(18)16-8-12-15-6-7-19-12/h2-7,9H,8,14H2,1H3,(H2,16,17,18). The van der Waals surface area contributed by atoms with E-state index in [0.29, 0.717) is 6.54 Å². The van der Waals surface area contributed by atoms with Crippen LogP contribution in [0.2, 0.25) is 0 Å². The van der Waals surface area contributed by atoms with Gasteiger partial charge in [0.05, 0.1) is 6.54 Å². The highest BCUT2D eigenvalue weighted by Crippen LogP contribution is 2.14. The van der Waals surface area contributed by atoms with Crippen molar-refractivity contribution in [2.24, 2.45) is 5.73 Å². The van der Waals surface area contributed by atoms with E-state index in [9.17, 15) is 4.79 Å². The highest BCUT2D eigenvalue weighted by molar-refractivity contribution is 7.09. The fraction of sp³-hybridized carbons (Fsp3) is 0.231. The topological polar surface area (TPSA) is 80.0 Å². The van der Waals surface area contributed by atoms with Crippen molar-refractivity contribution in [2.75, 3.05) is 5.32 Å². The van der Waals surface area contributed by atoms with Gasteiger partial charge in [0.15, 0.2) is 0 Å². The molecule has 1 aromatic heterocycles. The quantitative estimate of drug-likeness (QED) is 0.802. The molecule has 0 saturated carbocycles. The van der Waals surface area contributed by atoms with Crippen LogP contribution in [-0.4, -0.2) is 11.0 Å². The lowest BCUT2D eigenvalue weighted by atomic mass is 10.1. The van der Waals surface area contributed by atoms with Gasteiger partial charge < -0.3 is 16.4 Å². The van der Waals surface area contributed by atoms with Crippen LogP contribution in [0, 0.1) is 0 Å². The van der Waals surface area contributed by atoms with Gasteiger partial charge in [0.2, 0.25) is 0 Å². The van der Waals surface area contributed by atoms with Crippen molar-refractivity contribution in [3.63, 3.8) is 0 Å². The first kappa shape index (κ1) is 13.5. The number of hydrogen-bond acceptors (Lipinski definition) is 4. The Morgan fingerprint density at radius 1 is 1.42 bits per heavy atom. The number of nitrogens with zero attached hydrogens (tertiary/aromatic N) is 1. The van der Waals surface area contributed by atoms with Crippen molar-refractivity contribution >= 4 is 23.1 Å². The van der Waals surface area contributed by atoms with Crippen LogP contribution in [0.25, 0.3) is 0 Å². The minimum absolute atomic E-state index is 0.00669. The molecule has 0 fully saturated rings. The third-order valence-electron chi connectivity index (χ3n) is 2.58. The third-order valence-corrected chi connectivity index (χ3v) is 3.36. The fourth-order valence-corrected chi connectivity index (χ4v) is 2.10. The van der Waals surface area contributed by atoms with E-state index in [-0.39, 0.29) is 12.1 Å².